The molecule has 17 heavy (non-hydrogen) atoms. The highest BCUT2D eigenvalue weighted by atomic mass is 15.3. The highest BCUT2D eigenvalue weighted by molar-refractivity contribution is 5.01. The van der Waals surface area contributed by atoms with Gasteiger partial charge in [0.15, 0.2) is 0 Å². The van der Waals surface area contributed by atoms with Gasteiger partial charge < -0.3 is 10.6 Å². The molecule has 0 aliphatic carbocycles. The second-order valence-corrected chi connectivity index (χ2v) is 6.44. The Labute approximate surface area is 107 Å². The molecular weight excluding hydrogens is 210 g/mol. The van der Waals surface area contributed by atoms with Gasteiger partial charge in [0, 0.05) is 23.7 Å². The Kier molecular flexibility index (Phi) is 4.61. The van der Waals surface area contributed by atoms with Gasteiger partial charge in [-0.1, -0.05) is 6.92 Å². The van der Waals surface area contributed by atoms with Crippen molar-refractivity contribution in [2.45, 2.75) is 64.1 Å². The van der Waals surface area contributed by atoms with Gasteiger partial charge in [-0.15, -0.1) is 0 Å². The van der Waals surface area contributed by atoms with E-state index in [1.807, 2.05) is 0 Å². The van der Waals surface area contributed by atoms with Crippen molar-refractivity contribution in [3.63, 3.8) is 0 Å². The molecule has 0 spiro atoms. The zero-order chi connectivity index (χ0) is 13.3. The van der Waals surface area contributed by atoms with Crippen LogP contribution < -0.4 is 5.73 Å². The van der Waals surface area contributed by atoms with Crippen molar-refractivity contribution in [3.05, 3.63) is 0 Å². The molecule has 1 heterocycles. The van der Waals surface area contributed by atoms with Gasteiger partial charge in [0.05, 0.1) is 0 Å². The molecule has 3 heteroatoms. The molecule has 0 radical (unpaired) electrons. The van der Waals surface area contributed by atoms with Crippen LogP contribution in [-0.2, 0) is 0 Å². The first-order valence-electron chi connectivity index (χ1n) is 6.93. The first kappa shape index (κ1) is 14.9. The van der Waals surface area contributed by atoms with Crippen LogP contribution in [0.2, 0.25) is 0 Å². The maximum absolute atomic E-state index is 6.14. The van der Waals surface area contributed by atoms with Crippen LogP contribution in [0, 0.1) is 0 Å². The maximum Gasteiger partial charge on any atom is 0.0360 e. The summed E-state index contributed by atoms with van der Waals surface area (Å²) >= 11 is 0. The van der Waals surface area contributed by atoms with E-state index in [0.29, 0.717) is 6.04 Å². The number of hydrogen-bond acceptors (Lipinski definition) is 3. The van der Waals surface area contributed by atoms with Crippen LogP contribution in [0.15, 0.2) is 0 Å². The van der Waals surface area contributed by atoms with Crippen LogP contribution in [0.5, 0.6) is 0 Å². The highest BCUT2D eigenvalue weighted by Crippen LogP contribution is 2.35. The zero-order valence-corrected chi connectivity index (χ0v) is 12.6. The predicted molar refractivity (Wildman–Crippen MR) is 75.2 cm³/mol. The number of rotatable bonds is 4. The van der Waals surface area contributed by atoms with Crippen molar-refractivity contribution < 1.29 is 0 Å². The van der Waals surface area contributed by atoms with Crippen LogP contribution in [0.1, 0.15) is 47.0 Å². The van der Waals surface area contributed by atoms with Gasteiger partial charge in [-0.05, 0) is 60.7 Å². The van der Waals surface area contributed by atoms with E-state index in [2.05, 4.69) is 51.6 Å². The van der Waals surface area contributed by atoms with E-state index in [9.17, 15) is 0 Å². The molecule has 0 aromatic heterocycles. The van der Waals surface area contributed by atoms with E-state index < -0.39 is 0 Å². The number of likely N-dealkylation sites (N-methyl/N-ethyl adjacent to an activating group) is 1. The molecule has 1 saturated heterocycles. The summed E-state index contributed by atoms with van der Waals surface area (Å²) in [4.78, 5) is 4.99. The Balaban J connectivity index is 2.89. The Morgan fingerprint density at radius 3 is 2.47 bits per heavy atom. The smallest absolute Gasteiger partial charge is 0.0360 e. The molecule has 2 unspecified atom stereocenters. The Morgan fingerprint density at radius 2 is 2.06 bits per heavy atom. The molecule has 2 atom stereocenters. The van der Waals surface area contributed by atoms with Gasteiger partial charge in [-0.25, -0.2) is 0 Å². The summed E-state index contributed by atoms with van der Waals surface area (Å²) in [5.41, 5.74) is 6.56. The minimum Gasteiger partial charge on any atom is -0.329 e. The van der Waals surface area contributed by atoms with Gasteiger partial charge in [-0.3, -0.25) is 4.90 Å². The summed E-state index contributed by atoms with van der Waals surface area (Å²) in [5, 5.41) is 0. The van der Waals surface area contributed by atoms with Gasteiger partial charge in [0.1, 0.15) is 0 Å². The minimum absolute atomic E-state index is 0.186. The quantitative estimate of drug-likeness (QED) is 0.816. The molecule has 1 aliphatic rings. The molecule has 0 bridgehead atoms. The molecule has 1 fully saturated rings. The lowest BCUT2D eigenvalue weighted by atomic mass is 9.79. The third kappa shape index (κ3) is 2.83. The van der Waals surface area contributed by atoms with Gasteiger partial charge in [-0.2, -0.15) is 0 Å². The van der Waals surface area contributed by atoms with E-state index in [1.165, 1.54) is 12.8 Å². The maximum atomic E-state index is 6.14. The Bertz CT molecular complexity index is 252. The minimum atomic E-state index is 0.186. The molecule has 1 aliphatic heterocycles. The fraction of sp³-hybridized carbons (Fsp3) is 1.00. The number of nitrogens with zero attached hydrogens (tertiary/aromatic N) is 2. The predicted octanol–water partition coefficient (Wildman–Crippen LogP) is 1.92. The van der Waals surface area contributed by atoms with Crippen LogP contribution in [0.25, 0.3) is 0 Å². The molecular formula is C14H31N3. The van der Waals surface area contributed by atoms with Crippen molar-refractivity contribution in [2.75, 3.05) is 27.2 Å². The summed E-state index contributed by atoms with van der Waals surface area (Å²) in [7, 11) is 4.48. The second kappa shape index (κ2) is 5.25. The lowest BCUT2D eigenvalue weighted by Gasteiger charge is -2.54. The molecule has 102 valence electrons. The van der Waals surface area contributed by atoms with Crippen molar-refractivity contribution in [1.82, 2.24) is 9.80 Å². The monoisotopic (exact) mass is 241 g/mol. The van der Waals surface area contributed by atoms with E-state index in [-0.39, 0.29) is 11.1 Å². The van der Waals surface area contributed by atoms with E-state index in [0.717, 1.165) is 19.5 Å². The molecule has 0 amide bonds. The first-order valence-corrected chi connectivity index (χ1v) is 6.93. The van der Waals surface area contributed by atoms with Crippen LogP contribution in [0.4, 0.5) is 0 Å². The normalized spacial score (nSPS) is 32.1. The van der Waals surface area contributed by atoms with Crippen LogP contribution >= 0.6 is 0 Å². The third-order valence-electron chi connectivity index (χ3n) is 5.22. The van der Waals surface area contributed by atoms with E-state index in [4.69, 9.17) is 5.73 Å². The van der Waals surface area contributed by atoms with Crippen molar-refractivity contribution in [2.24, 2.45) is 5.73 Å². The molecule has 0 aromatic rings. The molecule has 3 nitrogen and oxygen atoms in total. The summed E-state index contributed by atoms with van der Waals surface area (Å²) in [6.07, 6.45) is 3.53. The lowest BCUT2D eigenvalue weighted by molar-refractivity contribution is -0.0307. The molecule has 0 saturated carbocycles. The third-order valence-corrected chi connectivity index (χ3v) is 5.22. The largest absolute Gasteiger partial charge is 0.329 e. The van der Waals surface area contributed by atoms with Gasteiger partial charge in [0.25, 0.3) is 0 Å². The average molecular weight is 241 g/mol. The molecule has 2 N–H and O–H groups in total. The highest BCUT2D eigenvalue weighted by Gasteiger charge is 2.43. The molecule has 0 aromatic carbocycles. The number of piperidine rings is 1. The molecule has 1 rings (SSSR count). The van der Waals surface area contributed by atoms with Crippen molar-refractivity contribution in [1.29, 1.82) is 0 Å². The fourth-order valence-electron chi connectivity index (χ4n) is 2.92. The standard InChI is InChI=1S/C14H31N3/c1-7-13(3,4)17(6)14(11-15)8-9-16(5)12(2)10-14/h12H,7-11,15H2,1-6H3. The summed E-state index contributed by atoms with van der Waals surface area (Å²) in [6, 6.07) is 0.627. The summed E-state index contributed by atoms with van der Waals surface area (Å²) in [5.74, 6) is 0. The SMILES string of the molecule is CCC(C)(C)N(C)C1(CN)CCN(C)C(C)C1. The van der Waals surface area contributed by atoms with Crippen molar-refractivity contribution in [3.8, 4) is 0 Å². The van der Waals surface area contributed by atoms with Gasteiger partial charge in [0.2, 0.25) is 0 Å². The van der Waals surface area contributed by atoms with E-state index >= 15 is 0 Å². The zero-order valence-electron chi connectivity index (χ0n) is 12.6. The van der Waals surface area contributed by atoms with E-state index in [1.54, 1.807) is 0 Å². The summed E-state index contributed by atoms with van der Waals surface area (Å²) in [6.45, 7) is 11.2. The number of likely N-dealkylation sites (tertiary alicyclic amines) is 1. The van der Waals surface area contributed by atoms with Gasteiger partial charge >= 0.3 is 0 Å². The average Bonchev–Trinajstić information content (AvgIpc) is 2.32. The second-order valence-electron chi connectivity index (χ2n) is 6.44. The topological polar surface area (TPSA) is 32.5 Å². The number of nitrogens with two attached hydrogens (primary N) is 1. The summed E-state index contributed by atoms with van der Waals surface area (Å²) < 4.78 is 0. The lowest BCUT2D eigenvalue weighted by Crippen LogP contribution is -2.64. The van der Waals surface area contributed by atoms with Crippen LogP contribution in [-0.4, -0.2) is 54.1 Å². The first-order chi connectivity index (χ1) is 7.79. The van der Waals surface area contributed by atoms with Crippen LogP contribution in [0.3, 0.4) is 0 Å². The number of hydrogen-bond donors (Lipinski definition) is 1. The Morgan fingerprint density at radius 1 is 1.47 bits per heavy atom. The van der Waals surface area contributed by atoms with Crippen molar-refractivity contribution >= 4 is 0 Å². The Hall–Kier alpha value is -0.120. The fourth-order valence-corrected chi connectivity index (χ4v) is 2.92.